The number of primary amides is 1. The maximum absolute atomic E-state index is 12.7. The summed E-state index contributed by atoms with van der Waals surface area (Å²) in [4.78, 5) is 36.0. The maximum Gasteiger partial charge on any atom is 0.243 e. The first-order chi connectivity index (χ1) is 13.0. The standard InChI is InChI=1S/C21H25N3O3/c1-15(25)23-19(14-17-10-6-3-7-11-17)21(27)24-18(20(22)26)13-12-16-8-4-2-5-9-16/h2-11,18-19H,12-14H2,1H3,(H2,22,26)(H,23,25)(H,24,27)/t18-,19-/m1/s1. The molecule has 0 spiro atoms. The van der Waals surface area contributed by atoms with Gasteiger partial charge < -0.3 is 16.4 Å². The predicted octanol–water partition coefficient (Wildman–Crippen LogP) is 1.34. The van der Waals surface area contributed by atoms with Crippen molar-refractivity contribution in [1.29, 1.82) is 0 Å². The quantitative estimate of drug-likeness (QED) is 0.623. The van der Waals surface area contributed by atoms with Gasteiger partial charge in [0.1, 0.15) is 12.1 Å². The number of carbonyl (C=O) groups is 3. The van der Waals surface area contributed by atoms with Gasteiger partial charge in [-0.05, 0) is 24.0 Å². The molecule has 27 heavy (non-hydrogen) atoms. The van der Waals surface area contributed by atoms with Crippen molar-refractivity contribution in [2.45, 2.75) is 38.3 Å². The van der Waals surface area contributed by atoms with Crippen LogP contribution in [0.1, 0.15) is 24.5 Å². The Bertz CT molecular complexity index is 763. The first kappa shape index (κ1) is 20.2. The molecule has 0 unspecified atom stereocenters. The molecule has 2 aromatic rings. The Balaban J connectivity index is 2.02. The second kappa shape index (κ2) is 10.1. The van der Waals surface area contributed by atoms with Crippen LogP contribution in [-0.4, -0.2) is 29.8 Å². The van der Waals surface area contributed by atoms with Crippen molar-refractivity contribution in [3.63, 3.8) is 0 Å². The van der Waals surface area contributed by atoms with Gasteiger partial charge in [0.05, 0.1) is 0 Å². The van der Waals surface area contributed by atoms with Gasteiger partial charge in [-0.2, -0.15) is 0 Å². The van der Waals surface area contributed by atoms with Crippen molar-refractivity contribution in [3.8, 4) is 0 Å². The predicted molar refractivity (Wildman–Crippen MR) is 104 cm³/mol. The van der Waals surface area contributed by atoms with Crippen molar-refractivity contribution in [2.24, 2.45) is 5.73 Å². The minimum atomic E-state index is -0.801. The molecule has 0 aliphatic heterocycles. The largest absolute Gasteiger partial charge is 0.368 e. The molecule has 0 radical (unpaired) electrons. The van der Waals surface area contributed by atoms with E-state index in [2.05, 4.69) is 10.6 Å². The number of hydrogen-bond donors (Lipinski definition) is 3. The van der Waals surface area contributed by atoms with Gasteiger partial charge in [-0.1, -0.05) is 60.7 Å². The van der Waals surface area contributed by atoms with Gasteiger partial charge in [0.15, 0.2) is 0 Å². The molecule has 6 nitrogen and oxygen atoms in total. The first-order valence-corrected chi connectivity index (χ1v) is 8.90. The third-order valence-corrected chi connectivity index (χ3v) is 4.20. The summed E-state index contributed by atoms with van der Waals surface area (Å²) in [7, 11) is 0. The smallest absolute Gasteiger partial charge is 0.243 e. The van der Waals surface area contributed by atoms with E-state index < -0.39 is 23.9 Å². The molecule has 6 heteroatoms. The third kappa shape index (κ3) is 6.93. The van der Waals surface area contributed by atoms with Crippen molar-refractivity contribution < 1.29 is 14.4 Å². The van der Waals surface area contributed by atoms with E-state index in [9.17, 15) is 14.4 Å². The Morgan fingerprint density at radius 1 is 0.852 bits per heavy atom. The van der Waals surface area contributed by atoms with Crippen LogP contribution < -0.4 is 16.4 Å². The fraction of sp³-hybridized carbons (Fsp3) is 0.286. The first-order valence-electron chi connectivity index (χ1n) is 8.90. The van der Waals surface area contributed by atoms with Gasteiger partial charge in [-0.25, -0.2) is 0 Å². The van der Waals surface area contributed by atoms with Crippen LogP contribution in [0.25, 0.3) is 0 Å². The molecule has 0 saturated carbocycles. The summed E-state index contributed by atoms with van der Waals surface area (Å²) in [5, 5.41) is 5.33. The topological polar surface area (TPSA) is 101 Å². The molecule has 4 N–H and O–H groups in total. The molecule has 0 heterocycles. The van der Waals surface area contributed by atoms with Crippen LogP contribution in [-0.2, 0) is 27.2 Å². The van der Waals surface area contributed by atoms with E-state index >= 15 is 0 Å². The lowest BCUT2D eigenvalue weighted by Gasteiger charge is -2.21. The van der Waals surface area contributed by atoms with Crippen molar-refractivity contribution in [3.05, 3.63) is 71.8 Å². The van der Waals surface area contributed by atoms with Gasteiger partial charge in [0, 0.05) is 13.3 Å². The average molecular weight is 367 g/mol. The molecule has 2 rings (SSSR count). The van der Waals surface area contributed by atoms with E-state index in [0.717, 1.165) is 11.1 Å². The maximum atomic E-state index is 12.7. The zero-order valence-corrected chi connectivity index (χ0v) is 15.4. The number of benzene rings is 2. The highest BCUT2D eigenvalue weighted by atomic mass is 16.2. The van der Waals surface area contributed by atoms with Crippen molar-refractivity contribution in [2.75, 3.05) is 0 Å². The van der Waals surface area contributed by atoms with Gasteiger partial charge >= 0.3 is 0 Å². The van der Waals surface area contributed by atoms with Crippen LogP contribution in [0.5, 0.6) is 0 Å². The van der Waals surface area contributed by atoms with Crippen molar-refractivity contribution >= 4 is 17.7 Å². The van der Waals surface area contributed by atoms with Gasteiger partial charge in [0.25, 0.3) is 0 Å². The second-order valence-corrected chi connectivity index (χ2v) is 6.43. The molecule has 0 aromatic heterocycles. The highest BCUT2D eigenvalue weighted by molar-refractivity contribution is 5.91. The highest BCUT2D eigenvalue weighted by Crippen LogP contribution is 2.07. The average Bonchev–Trinajstić information content (AvgIpc) is 2.65. The van der Waals surface area contributed by atoms with Gasteiger partial charge in [-0.3, -0.25) is 14.4 Å². The number of amides is 3. The number of carbonyl (C=O) groups excluding carboxylic acids is 3. The SMILES string of the molecule is CC(=O)N[C@H](Cc1ccccc1)C(=O)N[C@H](CCc1ccccc1)C(N)=O. The molecule has 0 aliphatic carbocycles. The minimum Gasteiger partial charge on any atom is -0.368 e. The summed E-state index contributed by atoms with van der Waals surface area (Å²) in [6.45, 7) is 1.35. The molecule has 3 amide bonds. The van der Waals surface area contributed by atoms with E-state index in [0.29, 0.717) is 19.3 Å². The highest BCUT2D eigenvalue weighted by Gasteiger charge is 2.25. The normalized spacial score (nSPS) is 12.6. The molecule has 0 fully saturated rings. The lowest BCUT2D eigenvalue weighted by molar-refractivity contribution is -0.130. The summed E-state index contributed by atoms with van der Waals surface area (Å²) >= 11 is 0. The Kier molecular flexibility index (Phi) is 7.55. The van der Waals surface area contributed by atoms with Crippen LogP contribution in [0.4, 0.5) is 0 Å². The summed E-state index contributed by atoms with van der Waals surface area (Å²) in [5.74, 6) is -1.34. The molecule has 0 saturated heterocycles. The van der Waals surface area contributed by atoms with E-state index in [1.54, 1.807) is 0 Å². The van der Waals surface area contributed by atoms with Crippen molar-refractivity contribution in [1.82, 2.24) is 10.6 Å². The summed E-state index contributed by atoms with van der Waals surface area (Å²) in [5.41, 5.74) is 7.43. The van der Waals surface area contributed by atoms with Crippen LogP contribution >= 0.6 is 0 Å². The summed E-state index contributed by atoms with van der Waals surface area (Å²) in [6.07, 6.45) is 1.33. The molecule has 0 bridgehead atoms. The van der Waals surface area contributed by atoms with E-state index in [-0.39, 0.29) is 5.91 Å². The zero-order valence-electron chi connectivity index (χ0n) is 15.4. The minimum absolute atomic E-state index is 0.314. The van der Waals surface area contributed by atoms with Crippen LogP contribution in [0.15, 0.2) is 60.7 Å². The van der Waals surface area contributed by atoms with Gasteiger partial charge in [0.2, 0.25) is 17.7 Å². The molecular formula is C21H25N3O3. The number of nitrogens with two attached hydrogens (primary N) is 1. The van der Waals surface area contributed by atoms with Crippen LogP contribution in [0, 0.1) is 0 Å². The lowest BCUT2D eigenvalue weighted by Crippen LogP contribution is -2.53. The lowest BCUT2D eigenvalue weighted by atomic mass is 10.0. The number of nitrogens with one attached hydrogen (secondary N) is 2. The fourth-order valence-corrected chi connectivity index (χ4v) is 2.82. The number of hydrogen-bond acceptors (Lipinski definition) is 3. The summed E-state index contributed by atoms with van der Waals surface area (Å²) < 4.78 is 0. The number of aryl methyl sites for hydroxylation is 1. The fourth-order valence-electron chi connectivity index (χ4n) is 2.82. The van der Waals surface area contributed by atoms with Crippen LogP contribution in [0.3, 0.4) is 0 Å². The third-order valence-electron chi connectivity index (χ3n) is 4.20. The van der Waals surface area contributed by atoms with E-state index in [1.165, 1.54) is 6.92 Å². The Labute approximate surface area is 159 Å². The zero-order chi connectivity index (χ0) is 19.6. The molecule has 0 aliphatic rings. The Morgan fingerprint density at radius 2 is 1.41 bits per heavy atom. The van der Waals surface area contributed by atoms with E-state index in [1.807, 2.05) is 60.7 Å². The molecule has 142 valence electrons. The van der Waals surface area contributed by atoms with Crippen LogP contribution in [0.2, 0.25) is 0 Å². The number of rotatable bonds is 9. The van der Waals surface area contributed by atoms with E-state index in [4.69, 9.17) is 5.73 Å². The summed E-state index contributed by atoms with van der Waals surface area (Å²) in [6, 6.07) is 17.4. The molecule has 2 aromatic carbocycles. The Morgan fingerprint density at radius 3 is 1.93 bits per heavy atom. The molecule has 2 atom stereocenters. The van der Waals surface area contributed by atoms with Gasteiger partial charge in [-0.15, -0.1) is 0 Å². The monoisotopic (exact) mass is 367 g/mol. The Hall–Kier alpha value is -3.15. The molecular weight excluding hydrogens is 342 g/mol. The second-order valence-electron chi connectivity index (χ2n) is 6.43.